The van der Waals surface area contributed by atoms with Crippen LogP contribution in [0.3, 0.4) is 0 Å². The Morgan fingerprint density at radius 2 is 0.722 bits per heavy atom. The molecule has 14 rings (SSSR count). The maximum absolute atomic E-state index is 8.01. The molecule has 7 heteroatoms. The number of rotatable bonds is 8. The molecule has 10 aromatic carbocycles. The number of aromatic nitrogens is 5. The molecule has 0 atom stereocenters. The van der Waals surface area contributed by atoms with Crippen molar-refractivity contribution in [3.63, 3.8) is 0 Å². The quantitative estimate of drug-likeness (QED) is 0.0866. The van der Waals surface area contributed by atoms with Gasteiger partial charge in [0.15, 0.2) is 19.6 Å². The van der Waals surface area contributed by atoms with E-state index in [1.54, 1.807) is 0 Å². The van der Waals surface area contributed by atoms with Crippen molar-refractivity contribution < 1.29 is 0 Å². The monoisotopic (exact) mass is 934 g/mol. The summed E-state index contributed by atoms with van der Waals surface area (Å²) in [6.45, 7) is 8.01. The third kappa shape index (κ3) is 6.26. The van der Waals surface area contributed by atoms with Crippen LogP contribution in [-0.4, -0.2) is 31.7 Å². The van der Waals surface area contributed by atoms with Crippen molar-refractivity contribution >= 4 is 99.9 Å². The molecule has 4 aromatic heterocycles. The van der Waals surface area contributed by atoms with Crippen molar-refractivity contribution in [2.45, 2.75) is 0 Å². The van der Waals surface area contributed by atoms with E-state index in [1.165, 1.54) is 42.6 Å². The van der Waals surface area contributed by atoms with Crippen LogP contribution >= 0.6 is 0 Å². The minimum Gasteiger partial charge on any atom is -0.309 e. The highest BCUT2D eigenvalue weighted by Crippen LogP contribution is 2.39. The fourth-order valence-electron chi connectivity index (χ4n) is 11.5. The molecule has 0 bridgehead atoms. The Hall–Kier alpha value is -9.61. The average molecular weight is 935 g/mol. The first-order valence-electron chi connectivity index (χ1n) is 24.3. The molecule has 0 radical (unpaired) electrons. The van der Waals surface area contributed by atoms with Gasteiger partial charge in [-0.2, -0.15) is 0 Å². The van der Waals surface area contributed by atoms with Crippen molar-refractivity contribution in [3.05, 3.63) is 266 Å². The fourth-order valence-corrected chi connectivity index (χ4v) is 16.3. The second-order valence-corrected chi connectivity index (χ2v) is 22.2. The number of para-hydroxylation sites is 4. The molecule has 0 saturated heterocycles. The minimum atomic E-state index is -2.79. The fraction of sp³-hybridized carbons (Fsp3) is 0. The standard InChI is InChI=1S/C65H42N6Si/c1-66-45-35-39-55-53-27-13-17-31-59(53)71(62(55)41-45)64-43-63(70-60-32-18-14-28-54(60)56-42-46(36-40-61(56)70)69-57-29-15-11-25-51(57)52-26-12-16-30-58(52)69)67-65(68-64)44-33-37-50(38-34-44)72(47-19-5-2-6-20-47,48-21-7-3-8-22-48)49-23-9-4-10-24-49/h2-43H. The highest BCUT2D eigenvalue weighted by molar-refractivity contribution is 7.19. The van der Waals surface area contributed by atoms with Crippen molar-refractivity contribution in [2.75, 3.05) is 0 Å². The van der Waals surface area contributed by atoms with Gasteiger partial charge in [0.05, 0.1) is 34.2 Å². The molecular formula is C65H42N6Si. The number of nitrogens with zero attached hydrogens (tertiary/aromatic N) is 6. The van der Waals surface area contributed by atoms with Gasteiger partial charge < -0.3 is 4.57 Å². The number of hydrogen-bond donors (Lipinski definition) is 0. The van der Waals surface area contributed by atoms with E-state index in [2.05, 4.69) is 261 Å². The van der Waals surface area contributed by atoms with Crippen molar-refractivity contribution in [3.8, 4) is 28.7 Å². The van der Waals surface area contributed by atoms with Crippen LogP contribution in [0, 0.1) is 6.57 Å². The van der Waals surface area contributed by atoms with E-state index in [9.17, 15) is 0 Å². The van der Waals surface area contributed by atoms with Crippen molar-refractivity contribution in [1.29, 1.82) is 0 Å². The van der Waals surface area contributed by atoms with Gasteiger partial charge in [-0.15, -0.1) is 0 Å². The van der Waals surface area contributed by atoms with Crippen molar-refractivity contribution in [2.24, 2.45) is 0 Å². The van der Waals surface area contributed by atoms with Crippen LogP contribution in [0.15, 0.2) is 255 Å². The van der Waals surface area contributed by atoms with Crippen LogP contribution in [0.2, 0.25) is 0 Å². The smallest absolute Gasteiger partial charge is 0.189 e. The first kappa shape index (κ1) is 41.4. The summed E-state index contributed by atoms with van der Waals surface area (Å²) in [6.07, 6.45) is 0. The average Bonchev–Trinajstić information content (AvgIpc) is 4.09. The van der Waals surface area contributed by atoms with Crippen LogP contribution in [-0.2, 0) is 0 Å². The summed E-state index contributed by atoms with van der Waals surface area (Å²) < 4.78 is 6.88. The molecule has 6 nitrogen and oxygen atoms in total. The first-order valence-corrected chi connectivity index (χ1v) is 26.3. The Balaban J connectivity index is 1.02. The topological polar surface area (TPSA) is 44.9 Å². The molecular weight excluding hydrogens is 893 g/mol. The molecule has 0 aliphatic carbocycles. The molecule has 4 heterocycles. The Morgan fingerprint density at radius 3 is 1.22 bits per heavy atom. The first-order chi connectivity index (χ1) is 35.7. The van der Waals surface area contributed by atoms with Crippen LogP contribution in [0.25, 0.3) is 99.0 Å². The van der Waals surface area contributed by atoms with E-state index in [0.29, 0.717) is 17.3 Å². The van der Waals surface area contributed by atoms with E-state index in [4.69, 9.17) is 16.5 Å². The summed E-state index contributed by atoms with van der Waals surface area (Å²) in [5, 5.41) is 12.1. The minimum absolute atomic E-state index is 0.570. The molecule has 0 unspecified atom stereocenters. The summed E-state index contributed by atoms with van der Waals surface area (Å²) in [6, 6.07) is 91.3. The largest absolute Gasteiger partial charge is 0.309 e. The summed E-state index contributed by atoms with van der Waals surface area (Å²) in [5.74, 6) is 2.05. The van der Waals surface area contributed by atoms with Crippen LogP contribution in [0.5, 0.6) is 0 Å². The predicted molar refractivity (Wildman–Crippen MR) is 300 cm³/mol. The van der Waals surface area contributed by atoms with Gasteiger partial charge in [-0.3, -0.25) is 9.13 Å². The number of benzene rings is 10. The van der Waals surface area contributed by atoms with E-state index in [1.807, 2.05) is 12.1 Å². The second-order valence-electron chi connectivity index (χ2n) is 18.4. The lowest BCUT2D eigenvalue weighted by Gasteiger charge is -2.34. The van der Waals surface area contributed by atoms with E-state index in [-0.39, 0.29) is 0 Å². The SMILES string of the molecule is [C-]#[N+]c1ccc2c3ccccc3n(-c3cc(-n4c5ccccc5c5cc(-n6c7ccccc7c7ccccc76)ccc54)nc(-c4ccc([Si](c5ccccc5)(c5ccccc5)c5ccccc5)cc4)n3)c2c1. The summed E-state index contributed by atoms with van der Waals surface area (Å²) >= 11 is 0. The Bertz CT molecular complexity index is 4300. The van der Waals surface area contributed by atoms with E-state index < -0.39 is 8.07 Å². The summed E-state index contributed by atoms with van der Waals surface area (Å²) in [4.78, 5) is 15.0. The van der Waals surface area contributed by atoms with Gasteiger partial charge in [0.25, 0.3) is 0 Å². The van der Waals surface area contributed by atoms with Gasteiger partial charge in [0.1, 0.15) is 11.6 Å². The lowest BCUT2D eigenvalue weighted by molar-refractivity contribution is 0.994. The van der Waals surface area contributed by atoms with Crippen LogP contribution in [0.1, 0.15) is 0 Å². The van der Waals surface area contributed by atoms with E-state index in [0.717, 1.165) is 60.7 Å². The molecule has 0 aliphatic rings. The lowest BCUT2D eigenvalue weighted by Crippen LogP contribution is -2.74. The molecule has 0 aliphatic heterocycles. The molecule has 0 saturated carbocycles. The van der Waals surface area contributed by atoms with E-state index >= 15 is 0 Å². The van der Waals surface area contributed by atoms with Crippen molar-refractivity contribution in [1.82, 2.24) is 23.7 Å². The number of hydrogen-bond acceptors (Lipinski definition) is 2. The second kappa shape index (κ2) is 16.5. The molecule has 0 spiro atoms. The molecule has 14 aromatic rings. The highest BCUT2D eigenvalue weighted by atomic mass is 28.3. The molecule has 0 N–H and O–H groups in total. The molecule has 72 heavy (non-hydrogen) atoms. The Morgan fingerprint density at radius 1 is 0.319 bits per heavy atom. The third-order valence-corrected chi connectivity index (χ3v) is 19.4. The maximum atomic E-state index is 8.01. The summed E-state index contributed by atoms with van der Waals surface area (Å²) in [7, 11) is -2.79. The third-order valence-electron chi connectivity index (χ3n) is 14.6. The number of fused-ring (bicyclic) bond motifs is 9. The Kier molecular flexibility index (Phi) is 9.49. The van der Waals surface area contributed by atoms with Gasteiger partial charge >= 0.3 is 0 Å². The van der Waals surface area contributed by atoms with Crippen LogP contribution in [0.4, 0.5) is 5.69 Å². The van der Waals surface area contributed by atoms with Gasteiger partial charge in [-0.25, -0.2) is 14.8 Å². The van der Waals surface area contributed by atoms with Gasteiger partial charge in [0.2, 0.25) is 0 Å². The van der Waals surface area contributed by atoms with Gasteiger partial charge in [-0.05, 0) is 69.3 Å². The Labute approximate surface area is 416 Å². The predicted octanol–water partition coefficient (Wildman–Crippen LogP) is 13.4. The normalized spacial score (nSPS) is 11.9. The van der Waals surface area contributed by atoms with Crippen LogP contribution < -0.4 is 20.7 Å². The maximum Gasteiger partial charge on any atom is 0.189 e. The van der Waals surface area contributed by atoms with Gasteiger partial charge in [0, 0.05) is 55.2 Å². The zero-order chi connectivity index (χ0) is 47.8. The zero-order valence-electron chi connectivity index (χ0n) is 38.9. The highest BCUT2D eigenvalue weighted by Gasteiger charge is 2.41. The molecule has 0 amide bonds. The van der Waals surface area contributed by atoms with Gasteiger partial charge in [-0.1, -0.05) is 200 Å². The molecule has 0 fully saturated rings. The molecule has 336 valence electrons. The zero-order valence-corrected chi connectivity index (χ0v) is 39.9. The summed E-state index contributed by atoms with van der Waals surface area (Å²) in [5.41, 5.74) is 8.89. The lowest BCUT2D eigenvalue weighted by atomic mass is 10.1.